The molecule has 0 aliphatic heterocycles. The molecule has 19 heavy (non-hydrogen) atoms. The third kappa shape index (κ3) is 4.29. The minimum absolute atomic E-state index is 0.151. The Hall–Kier alpha value is -1.46. The van der Waals surface area contributed by atoms with E-state index in [4.69, 9.17) is 0 Å². The Morgan fingerprint density at radius 2 is 2.37 bits per heavy atom. The van der Waals surface area contributed by atoms with Gasteiger partial charge in [0, 0.05) is 25.5 Å². The lowest BCUT2D eigenvalue weighted by Crippen LogP contribution is -2.20. The van der Waals surface area contributed by atoms with Gasteiger partial charge in [0.15, 0.2) is 5.78 Å². The molecular formula is C14H19N3OS. The molecule has 2 rings (SSSR count). The van der Waals surface area contributed by atoms with Gasteiger partial charge in [-0.3, -0.25) is 9.48 Å². The quantitative estimate of drug-likeness (QED) is 0.730. The van der Waals surface area contributed by atoms with Crippen molar-refractivity contribution in [2.24, 2.45) is 0 Å². The van der Waals surface area contributed by atoms with E-state index in [1.165, 1.54) is 16.9 Å². The fraction of sp³-hybridized carbons (Fsp3) is 0.429. The van der Waals surface area contributed by atoms with Gasteiger partial charge in [0.2, 0.25) is 0 Å². The number of hydrogen-bond acceptors (Lipinski definition) is 4. The third-order valence-corrected chi connectivity index (χ3v) is 4.02. The molecule has 0 spiro atoms. The second-order valence-electron chi connectivity index (χ2n) is 4.74. The first-order chi connectivity index (χ1) is 9.15. The summed E-state index contributed by atoms with van der Waals surface area (Å²) in [5.74, 6) is 0.151. The number of thiophene rings is 1. The van der Waals surface area contributed by atoms with E-state index in [0.29, 0.717) is 0 Å². The third-order valence-electron chi connectivity index (χ3n) is 2.94. The summed E-state index contributed by atoms with van der Waals surface area (Å²) in [5.41, 5.74) is 1.22. The van der Waals surface area contributed by atoms with E-state index in [2.05, 4.69) is 22.4 Å². The van der Waals surface area contributed by atoms with Crippen LogP contribution >= 0.6 is 11.3 Å². The second-order valence-corrected chi connectivity index (χ2v) is 5.65. The van der Waals surface area contributed by atoms with E-state index in [9.17, 15) is 4.79 Å². The van der Waals surface area contributed by atoms with Crippen molar-refractivity contribution in [2.45, 2.75) is 26.4 Å². The van der Waals surface area contributed by atoms with E-state index in [1.54, 1.807) is 13.1 Å². The Labute approximate surface area is 117 Å². The zero-order chi connectivity index (χ0) is 13.7. The predicted molar refractivity (Wildman–Crippen MR) is 77.5 cm³/mol. The Morgan fingerprint density at radius 3 is 3.00 bits per heavy atom. The Kier molecular flexibility index (Phi) is 4.87. The predicted octanol–water partition coefficient (Wildman–Crippen LogP) is 2.67. The normalized spacial score (nSPS) is 11.1. The van der Waals surface area contributed by atoms with Gasteiger partial charge in [0.05, 0.1) is 4.88 Å². The van der Waals surface area contributed by atoms with Crippen LogP contribution in [-0.2, 0) is 13.1 Å². The van der Waals surface area contributed by atoms with Crippen LogP contribution < -0.4 is 0 Å². The van der Waals surface area contributed by atoms with Crippen molar-refractivity contribution in [3.8, 4) is 0 Å². The molecule has 0 amide bonds. The molecule has 0 radical (unpaired) electrons. The van der Waals surface area contributed by atoms with Crippen molar-refractivity contribution in [3.05, 3.63) is 40.3 Å². The lowest BCUT2D eigenvalue weighted by atomic mass is 10.2. The molecule has 0 aliphatic carbocycles. The topological polar surface area (TPSA) is 38.1 Å². The molecule has 2 aromatic rings. The summed E-state index contributed by atoms with van der Waals surface area (Å²) in [7, 11) is 2.11. The van der Waals surface area contributed by atoms with Crippen molar-refractivity contribution in [1.82, 2.24) is 14.7 Å². The van der Waals surface area contributed by atoms with Crippen LogP contribution in [0.1, 0.15) is 28.6 Å². The van der Waals surface area contributed by atoms with Gasteiger partial charge in [0.25, 0.3) is 0 Å². The lowest BCUT2D eigenvalue weighted by Gasteiger charge is -2.15. The van der Waals surface area contributed by atoms with Crippen LogP contribution in [0.15, 0.2) is 29.9 Å². The monoisotopic (exact) mass is 277 g/mol. The van der Waals surface area contributed by atoms with Gasteiger partial charge < -0.3 is 4.90 Å². The summed E-state index contributed by atoms with van der Waals surface area (Å²) >= 11 is 1.53. The molecule has 102 valence electrons. The largest absolute Gasteiger partial charge is 0.302 e. The van der Waals surface area contributed by atoms with E-state index in [-0.39, 0.29) is 5.78 Å². The van der Waals surface area contributed by atoms with E-state index < -0.39 is 0 Å². The van der Waals surface area contributed by atoms with Gasteiger partial charge in [-0.05, 0) is 50.0 Å². The van der Waals surface area contributed by atoms with Crippen LogP contribution in [0.3, 0.4) is 0 Å². The van der Waals surface area contributed by atoms with E-state index in [0.717, 1.165) is 30.9 Å². The summed E-state index contributed by atoms with van der Waals surface area (Å²) in [5, 5.41) is 6.25. The average molecular weight is 277 g/mol. The molecule has 2 heterocycles. The molecule has 0 saturated carbocycles. The zero-order valence-electron chi connectivity index (χ0n) is 11.4. The van der Waals surface area contributed by atoms with Gasteiger partial charge >= 0.3 is 0 Å². The SMILES string of the molecule is CC(=O)c1cc(CN(C)CCCn2cccn2)cs1. The van der Waals surface area contributed by atoms with Crippen LogP contribution in [0.2, 0.25) is 0 Å². The van der Waals surface area contributed by atoms with Gasteiger partial charge in [0.1, 0.15) is 0 Å². The number of carbonyl (C=O) groups excluding carboxylic acids is 1. The highest BCUT2D eigenvalue weighted by molar-refractivity contribution is 7.12. The van der Waals surface area contributed by atoms with Crippen LogP contribution in [-0.4, -0.2) is 34.1 Å². The Morgan fingerprint density at radius 1 is 1.53 bits per heavy atom. The highest BCUT2D eigenvalue weighted by Crippen LogP contribution is 2.16. The minimum atomic E-state index is 0.151. The maximum Gasteiger partial charge on any atom is 0.169 e. The number of Topliss-reactive ketones (excluding diaryl/α,β-unsaturated/α-hetero) is 1. The van der Waals surface area contributed by atoms with Gasteiger partial charge in [-0.25, -0.2) is 0 Å². The number of carbonyl (C=O) groups is 1. The minimum Gasteiger partial charge on any atom is -0.302 e. The summed E-state index contributed by atoms with van der Waals surface area (Å²) in [6.45, 7) is 4.47. The van der Waals surface area contributed by atoms with Crippen molar-refractivity contribution < 1.29 is 4.79 Å². The zero-order valence-corrected chi connectivity index (χ0v) is 12.2. The summed E-state index contributed by atoms with van der Waals surface area (Å²) in [6, 6.07) is 3.94. The number of nitrogens with zero attached hydrogens (tertiary/aromatic N) is 3. The summed E-state index contributed by atoms with van der Waals surface area (Å²) in [4.78, 5) is 14.4. The lowest BCUT2D eigenvalue weighted by molar-refractivity contribution is 0.102. The molecular weight excluding hydrogens is 258 g/mol. The second kappa shape index (κ2) is 6.63. The highest BCUT2D eigenvalue weighted by atomic mass is 32.1. The number of aromatic nitrogens is 2. The number of ketones is 1. The smallest absolute Gasteiger partial charge is 0.169 e. The van der Waals surface area contributed by atoms with E-state index >= 15 is 0 Å². The first-order valence-corrected chi connectivity index (χ1v) is 7.27. The molecule has 0 N–H and O–H groups in total. The van der Waals surface area contributed by atoms with Crippen molar-refractivity contribution in [3.63, 3.8) is 0 Å². The molecule has 0 bridgehead atoms. The first kappa shape index (κ1) is 14.0. The van der Waals surface area contributed by atoms with Gasteiger partial charge in [-0.15, -0.1) is 11.3 Å². The average Bonchev–Trinajstić information content (AvgIpc) is 3.00. The van der Waals surface area contributed by atoms with Gasteiger partial charge in [-0.2, -0.15) is 5.10 Å². The fourth-order valence-electron chi connectivity index (χ4n) is 1.97. The van der Waals surface area contributed by atoms with Crippen LogP contribution in [0.25, 0.3) is 0 Å². The first-order valence-electron chi connectivity index (χ1n) is 6.39. The molecule has 4 nitrogen and oxygen atoms in total. The van der Waals surface area contributed by atoms with Gasteiger partial charge in [-0.1, -0.05) is 0 Å². The van der Waals surface area contributed by atoms with E-state index in [1.807, 2.05) is 23.0 Å². The van der Waals surface area contributed by atoms with Crippen LogP contribution in [0.4, 0.5) is 0 Å². The molecule has 2 aromatic heterocycles. The maximum absolute atomic E-state index is 11.2. The van der Waals surface area contributed by atoms with Crippen LogP contribution in [0.5, 0.6) is 0 Å². The fourth-order valence-corrected chi connectivity index (χ4v) is 2.78. The van der Waals surface area contributed by atoms with Crippen LogP contribution in [0, 0.1) is 0 Å². The maximum atomic E-state index is 11.2. The standard InChI is InChI=1S/C14H19N3OS/c1-12(18)14-9-13(11-19-14)10-16(2)6-4-8-17-7-3-5-15-17/h3,5,7,9,11H,4,6,8,10H2,1-2H3. The molecule has 0 aromatic carbocycles. The summed E-state index contributed by atoms with van der Waals surface area (Å²) in [6.07, 6.45) is 4.86. The molecule has 0 saturated heterocycles. The van der Waals surface area contributed by atoms with Crippen molar-refractivity contribution in [2.75, 3.05) is 13.6 Å². The summed E-state index contributed by atoms with van der Waals surface area (Å²) < 4.78 is 1.95. The highest BCUT2D eigenvalue weighted by Gasteiger charge is 2.06. The molecule has 0 unspecified atom stereocenters. The molecule has 0 aliphatic rings. The molecule has 0 fully saturated rings. The van der Waals surface area contributed by atoms with Crippen molar-refractivity contribution in [1.29, 1.82) is 0 Å². The van der Waals surface area contributed by atoms with Crippen molar-refractivity contribution >= 4 is 17.1 Å². The number of aryl methyl sites for hydroxylation is 1. The Balaban J connectivity index is 1.74. The number of rotatable bonds is 7. The molecule has 5 heteroatoms. The molecule has 0 atom stereocenters. The Bertz CT molecular complexity index is 519. The number of hydrogen-bond donors (Lipinski definition) is 0.